The minimum absolute atomic E-state index is 0.200. The molecule has 71 heavy (non-hydrogen) atoms. The van der Waals surface area contributed by atoms with Crippen molar-refractivity contribution >= 4 is 23.5 Å². The Bertz CT molecular complexity index is 2990. The largest absolute Gasteiger partial charge is 0.294 e. The molecule has 2 amide bonds. The standard InChI is InChI=1S/C32H34N6O.C25H28N6O/c1-2-3-15-29-33-32(20-9-10-21-32)31(39)37(29)22-25-16-18-26(19-17-25)27-13-7-8-14-28(27)30-34-35-36-38(30)23-24-11-5-4-6-12-24;1-2-3-10-22-26-25(15-6-7-16-25)24(32)31(22)17-18-11-13-19(14-12-18)20-8-4-5-9-21(20)23-27-29-30-28-23/h4-8,11-14,16-19H,2-3,9-10,15,20-23H2,1H3;4-5,8-9,11-14H,2-3,6-7,10,15-17H2,1H3,(H,27,28,29,30). The highest BCUT2D eigenvalue weighted by atomic mass is 16.2. The van der Waals surface area contributed by atoms with Crippen molar-refractivity contribution in [2.45, 2.75) is 134 Å². The molecule has 0 bridgehead atoms. The number of carbonyl (C=O) groups excluding carboxylic acids is 2. The predicted molar refractivity (Wildman–Crippen MR) is 277 cm³/mol. The third-order valence-electron chi connectivity index (χ3n) is 14.6. The average Bonchev–Trinajstić information content (AvgIpc) is 4.31. The summed E-state index contributed by atoms with van der Waals surface area (Å²) in [6, 6.07) is 43.4. The lowest BCUT2D eigenvalue weighted by atomic mass is 9.97. The number of aromatic amines is 1. The van der Waals surface area contributed by atoms with Crippen LogP contribution in [0.1, 0.15) is 120 Å². The molecule has 5 aromatic carbocycles. The van der Waals surface area contributed by atoms with Crippen molar-refractivity contribution < 1.29 is 9.59 Å². The molecule has 4 aliphatic rings. The maximum atomic E-state index is 13.5. The van der Waals surface area contributed by atoms with Gasteiger partial charge in [0.15, 0.2) is 5.82 Å². The molecule has 362 valence electrons. The summed E-state index contributed by atoms with van der Waals surface area (Å²) < 4.78 is 1.84. The van der Waals surface area contributed by atoms with Crippen LogP contribution in [0.5, 0.6) is 0 Å². The topological polar surface area (TPSA) is 163 Å². The highest BCUT2D eigenvalue weighted by Crippen LogP contribution is 2.42. The summed E-state index contributed by atoms with van der Waals surface area (Å²) in [6.07, 6.45) is 14.0. The third kappa shape index (κ3) is 9.97. The van der Waals surface area contributed by atoms with Crippen molar-refractivity contribution in [2.75, 3.05) is 0 Å². The van der Waals surface area contributed by atoms with Gasteiger partial charge in [-0.05, 0) is 93.1 Å². The van der Waals surface area contributed by atoms with Crippen LogP contribution in [-0.4, -0.2) is 85.2 Å². The molecule has 14 nitrogen and oxygen atoms in total. The lowest BCUT2D eigenvalue weighted by molar-refractivity contribution is -0.132. The molecule has 1 N–H and O–H groups in total. The van der Waals surface area contributed by atoms with E-state index >= 15 is 0 Å². The molecule has 14 heteroatoms. The summed E-state index contributed by atoms with van der Waals surface area (Å²) in [5.41, 5.74) is 8.59. The zero-order valence-electron chi connectivity index (χ0n) is 40.9. The Morgan fingerprint density at radius 1 is 0.521 bits per heavy atom. The number of aliphatic imine (C=N–C) groups is 2. The Hall–Kier alpha value is -7.48. The Kier molecular flexibility index (Phi) is 14.1. The van der Waals surface area contributed by atoms with E-state index in [9.17, 15) is 9.59 Å². The lowest BCUT2D eigenvalue weighted by Crippen LogP contribution is -2.40. The summed E-state index contributed by atoms with van der Waals surface area (Å²) in [4.78, 5) is 40.8. The number of carbonyl (C=O) groups is 2. The van der Waals surface area contributed by atoms with Crippen LogP contribution in [0.4, 0.5) is 0 Å². The first-order chi connectivity index (χ1) is 34.9. The molecular formula is C57H62N12O2. The Morgan fingerprint density at radius 2 is 0.986 bits per heavy atom. The monoisotopic (exact) mass is 947 g/mol. The van der Waals surface area contributed by atoms with Crippen LogP contribution in [0.25, 0.3) is 45.0 Å². The SMILES string of the molecule is CCCCC1=NC2(CCCC2)C(=O)N1Cc1ccc(-c2ccccc2-c2nn[nH]n2)cc1.CCCCC1=NC2(CCCC2)C(=O)N1Cc1ccc(-c2ccccc2-c2nnnn2Cc2ccccc2)cc1. The third-order valence-corrected chi connectivity index (χ3v) is 14.6. The predicted octanol–water partition coefficient (Wildman–Crippen LogP) is 11.1. The number of unbranched alkanes of at least 4 members (excludes halogenated alkanes) is 2. The first kappa shape index (κ1) is 47.2. The van der Waals surface area contributed by atoms with Gasteiger partial charge in [-0.3, -0.25) is 29.4 Å². The fourth-order valence-electron chi connectivity index (χ4n) is 10.7. The van der Waals surface area contributed by atoms with Crippen molar-refractivity contribution in [1.82, 2.24) is 50.6 Å². The van der Waals surface area contributed by atoms with Gasteiger partial charge in [0.25, 0.3) is 11.8 Å². The molecule has 0 unspecified atom stereocenters. The van der Waals surface area contributed by atoms with Gasteiger partial charge in [-0.25, -0.2) is 4.68 Å². The first-order valence-electron chi connectivity index (χ1n) is 25.6. The number of H-pyrrole nitrogens is 1. The quantitative estimate of drug-likeness (QED) is 0.100. The zero-order chi connectivity index (χ0) is 48.6. The van der Waals surface area contributed by atoms with Gasteiger partial charge in [-0.15, -0.1) is 15.3 Å². The van der Waals surface area contributed by atoms with Crippen LogP contribution in [0.15, 0.2) is 137 Å². The van der Waals surface area contributed by atoms with Crippen molar-refractivity contribution in [3.8, 4) is 45.0 Å². The summed E-state index contributed by atoms with van der Waals surface area (Å²) in [6.45, 7) is 6.11. The number of aromatic nitrogens is 8. The number of rotatable bonds is 16. The van der Waals surface area contributed by atoms with E-state index in [0.29, 0.717) is 25.5 Å². The smallest absolute Gasteiger partial charge is 0.256 e. The number of nitrogens with zero attached hydrogens (tertiary/aromatic N) is 11. The Labute approximate surface area is 415 Å². The molecular weight excluding hydrogens is 885 g/mol. The van der Waals surface area contributed by atoms with Gasteiger partial charge < -0.3 is 0 Å². The van der Waals surface area contributed by atoms with Gasteiger partial charge in [-0.1, -0.05) is 180 Å². The second-order valence-corrected chi connectivity index (χ2v) is 19.4. The molecule has 11 rings (SSSR count). The summed E-state index contributed by atoms with van der Waals surface area (Å²) in [7, 11) is 0. The fraction of sp³-hybridized carbons (Fsp3) is 0.368. The van der Waals surface area contributed by atoms with Crippen LogP contribution in [0.2, 0.25) is 0 Å². The Balaban J connectivity index is 0.000000167. The molecule has 2 aromatic heterocycles. The van der Waals surface area contributed by atoms with Crippen LogP contribution < -0.4 is 0 Å². The number of nitrogens with one attached hydrogen (secondary N) is 1. The molecule has 4 heterocycles. The maximum Gasteiger partial charge on any atom is 0.256 e. The molecule has 2 aliphatic carbocycles. The summed E-state index contributed by atoms with van der Waals surface area (Å²) in [5, 5.41) is 27.1. The van der Waals surface area contributed by atoms with Gasteiger partial charge >= 0.3 is 0 Å². The number of benzene rings is 5. The van der Waals surface area contributed by atoms with E-state index in [-0.39, 0.29) is 11.8 Å². The van der Waals surface area contributed by atoms with Crippen molar-refractivity contribution in [1.29, 1.82) is 0 Å². The van der Waals surface area contributed by atoms with Gasteiger partial charge in [0.2, 0.25) is 5.82 Å². The number of amidine groups is 2. The second kappa shape index (κ2) is 21.3. The molecule has 2 fully saturated rings. The number of hydrogen-bond donors (Lipinski definition) is 1. The van der Waals surface area contributed by atoms with Gasteiger partial charge in [0, 0.05) is 24.0 Å². The van der Waals surface area contributed by atoms with Crippen molar-refractivity contribution in [3.05, 3.63) is 144 Å². The summed E-state index contributed by atoms with van der Waals surface area (Å²) >= 11 is 0. The summed E-state index contributed by atoms with van der Waals surface area (Å²) in [5.74, 6) is 3.66. The highest BCUT2D eigenvalue weighted by Gasteiger charge is 2.50. The van der Waals surface area contributed by atoms with Crippen molar-refractivity contribution in [3.63, 3.8) is 0 Å². The van der Waals surface area contributed by atoms with E-state index in [4.69, 9.17) is 9.98 Å². The first-order valence-corrected chi connectivity index (χ1v) is 25.6. The molecule has 2 saturated carbocycles. The molecule has 2 spiro atoms. The molecule has 0 saturated heterocycles. The number of hydrogen-bond acceptors (Lipinski definition) is 10. The van der Waals surface area contributed by atoms with Gasteiger partial charge in [-0.2, -0.15) is 5.21 Å². The molecule has 7 aromatic rings. The minimum atomic E-state index is -0.494. The highest BCUT2D eigenvalue weighted by molar-refractivity contribution is 6.09. The van der Waals surface area contributed by atoms with E-state index in [1.54, 1.807) is 0 Å². The van der Waals surface area contributed by atoms with E-state index in [0.717, 1.165) is 157 Å². The molecule has 0 atom stereocenters. The van der Waals surface area contributed by atoms with Crippen LogP contribution in [0, 0.1) is 0 Å². The normalized spacial score (nSPS) is 16.8. The minimum Gasteiger partial charge on any atom is -0.294 e. The van der Waals surface area contributed by atoms with Crippen LogP contribution in [-0.2, 0) is 29.2 Å². The number of amides is 2. The second-order valence-electron chi connectivity index (χ2n) is 19.4. The fourth-order valence-corrected chi connectivity index (χ4v) is 10.7. The average molecular weight is 947 g/mol. The van der Waals surface area contributed by atoms with E-state index in [1.165, 1.54) is 0 Å². The lowest BCUT2D eigenvalue weighted by Gasteiger charge is -2.23. The van der Waals surface area contributed by atoms with Crippen LogP contribution in [0.3, 0.4) is 0 Å². The van der Waals surface area contributed by atoms with Gasteiger partial charge in [0.1, 0.15) is 22.7 Å². The van der Waals surface area contributed by atoms with Gasteiger partial charge in [0.05, 0.1) is 19.6 Å². The molecule has 2 aliphatic heterocycles. The zero-order valence-corrected chi connectivity index (χ0v) is 40.9. The number of tetrazole rings is 2. The van der Waals surface area contributed by atoms with E-state index in [2.05, 4.69) is 129 Å². The Morgan fingerprint density at radius 3 is 1.48 bits per heavy atom. The molecule has 0 radical (unpaired) electrons. The van der Waals surface area contributed by atoms with E-state index < -0.39 is 11.1 Å². The van der Waals surface area contributed by atoms with Crippen LogP contribution >= 0.6 is 0 Å². The van der Waals surface area contributed by atoms with E-state index in [1.807, 2.05) is 63.0 Å². The maximum absolute atomic E-state index is 13.5. The van der Waals surface area contributed by atoms with Crippen molar-refractivity contribution in [2.24, 2.45) is 9.98 Å².